The highest BCUT2D eigenvalue weighted by molar-refractivity contribution is 7.11. The van der Waals surface area contributed by atoms with Crippen LogP contribution in [0.5, 0.6) is 5.06 Å². The quantitative estimate of drug-likeness (QED) is 0.402. The van der Waals surface area contributed by atoms with Gasteiger partial charge in [0.05, 0.1) is 36.6 Å². The van der Waals surface area contributed by atoms with Crippen molar-refractivity contribution in [3.63, 3.8) is 0 Å². The summed E-state index contributed by atoms with van der Waals surface area (Å²) < 4.78 is 11.1. The molecule has 4 heterocycles. The second-order valence-corrected chi connectivity index (χ2v) is 12.3. The number of anilines is 2. The van der Waals surface area contributed by atoms with Crippen molar-refractivity contribution < 1.29 is 19.1 Å². The summed E-state index contributed by atoms with van der Waals surface area (Å²) in [6, 6.07) is 17.2. The van der Waals surface area contributed by atoms with Gasteiger partial charge >= 0.3 is 6.09 Å². The predicted octanol–water partition coefficient (Wildman–Crippen LogP) is 4.80. The summed E-state index contributed by atoms with van der Waals surface area (Å²) in [5, 5.41) is 11.8. The number of likely N-dealkylation sites (tertiary alicyclic amines) is 1. The number of nitrogens with zero attached hydrogens (tertiary/aromatic N) is 5. The fourth-order valence-corrected chi connectivity index (χ4v) is 6.41. The number of carbonyl (C=O) groups is 2. The molecule has 1 aromatic carbocycles. The lowest BCUT2D eigenvalue weighted by Crippen LogP contribution is -2.38. The summed E-state index contributed by atoms with van der Waals surface area (Å²) in [5.74, 6) is 1.84. The Morgan fingerprint density at radius 1 is 1.12 bits per heavy atom. The Hall–Kier alpha value is -3.94. The fourth-order valence-electron chi connectivity index (χ4n) is 5.84. The van der Waals surface area contributed by atoms with Gasteiger partial charge in [0.2, 0.25) is 0 Å². The van der Waals surface area contributed by atoms with Crippen molar-refractivity contribution in [2.75, 3.05) is 55.7 Å². The molecule has 3 aromatic rings. The van der Waals surface area contributed by atoms with Gasteiger partial charge in [-0.2, -0.15) is 5.26 Å². The molecule has 1 saturated carbocycles. The second-order valence-electron chi connectivity index (χ2n) is 11.4. The lowest BCUT2D eigenvalue weighted by Gasteiger charge is -2.28. The van der Waals surface area contributed by atoms with E-state index < -0.39 is 11.5 Å². The molecule has 2 saturated heterocycles. The van der Waals surface area contributed by atoms with E-state index in [1.807, 2.05) is 66.6 Å². The van der Waals surface area contributed by atoms with Gasteiger partial charge in [0, 0.05) is 38.3 Å². The van der Waals surface area contributed by atoms with E-state index in [9.17, 15) is 14.9 Å². The van der Waals surface area contributed by atoms with Gasteiger partial charge in [-0.3, -0.25) is 9.69 Å². The smallest absolute Gasteiger partial charge is 0.399 e. The van der Waals surface area contributed by atoms with E-state index in [0.29, 0.717) is 61.0 Å². The standard InChI is InChI=1S/C31H33N5O4S/c1-31(2,20-32)22-7-5-21(6-8-22)29(37)35-17-24-25(18-35)26(24)19-36(30(38)40-28-4-3-15-41-28)23-9-10-27(33-16-23)34-11-13-39-14-12-34/h3-10,15-16,24-26H,11-14,17-19H2,1-2H3. The topological polar surface area (TPSA) is 99.0 Å². The van der Waals surface area contributed by atoms with E-state index in [-0.39, 0.29) is 11.8 Å². The van der Waals surface area contributed by atoms with Crippen molar-refractivity contribution in [2.24, 2.45) is 17.8 Å². The molecule has 2 atom stereocenters. The Kier molecular flexibility index (Phi) is 7.41. The Morgan fingerprint density at radius 2 is 1.85 bits per heavy atom. The number of rotatable bonds is 7. The Morgan fingerprint density at radius 3 is 2.46 bits per heavy atom. The van der Waals surface area contributed by atoms with E-state index in [0.717, 1.165) is 24.5 Å². The molecular weight excluding hydrogens is 538 g/mol. The zero-order valence-electron chi connectivity index (χ0n) is 23.2. The molecule has 2 amide bonds. The van der Waals surface area contributed by atoms with Crippen LogP contribution in [0, 0.1) is 29.1 Å². The van der Waals surface area contributed by atoms with E-state index >= 15 is 0 Å². The molecule has 41 heavy (non-hydrogen) atoms. The second kappa shape index (κ2) is 11.1. The van der Waals surface area contributed by atoms with Gasteiger partial charge in [0.25, 0.3) is 5.91 Å². The van der Waals surface area contributed by atoms with Crippen LogP contribution in [0.1, 0.15) is 29.8 Å². The van der Waals surface area contributed by atoms with Gasteiger partial charge in [-0.15, -0.1) is 11.3 Å². The fraction of sp³-hybridized carbons (Fsp3) is 0.419. The molecule has 10 heteroatoms. The van der Waals surface area contributed by atoms with Crippen LogP contribution < -0.4 is 14.5 Å². The molecule has 3 fully saturated rings. The van der Waals surface area contributed by atoms with Crippen LogP contribution in [-0.4, -0.2) is 67.8 Å². The zero-order valence-corrected chi connectivity index (χ0v) is 24.0. The Bertz CT molecular complexity index is 1420. The first-order chi connectivity index (χ1) is 19.8. The number of amides is 2. The molecule has 9 nitrogen and oxygen atoms in total. The number of hydrogen-bond acceptors (Lipinski definition) is 8. The number of carbonyl (C=O) groups excluding carboxylic acids is 2. The highest BCUT2D eigenvalue weighted by Crippen LogP contribution is 2.52. The van der Waals surface area contributed by atoms with Gasteiger partial charge in [0.15, 0.2) is 5.06 Å². The molecule has 0 radical (unpaired) electrons. The Balaban J connectivity index is 1.11. The number of nitriles is 1. The first-order valence-corrected chi connectivity index (χ1v) is 14.8. The maximum absolute atomic E-state index is 13.3. The molecular formula is C31H33N5O4S. The Labute approximate surface area is 243 Å². The lowest BCUT2D eigenvalue weighted by molar-refractivity contribution is 0.0768. The zero-order chi connectivity index (χ0) is 28.6. The minimum Gasteiger partial charge on any atom is -0.399 e. The van der Waals surface area contributed by atoms with Crippen LogP contribution in [-0.2, 0) is 10.2 Å². The van der Waals surface area contributed by atoms with E-state index in [4.69, 9.17) is 9.47 Å². The first kappa shape index (κ1) is 27.2. The summed E-state index contributed by atoms with van der Waals surface area (Å²) in [6.45, 7) is 8.52. The number of morpholine rings is 1. The number of piperidine rings is 1. The normalized spacial score (nSPS) is 21.6. The number of pyridine rings is 1. The minimum absolute atomic E-state index is 0.00845. The van der Waals surface area contributed by atoms with Crippen molar-refractivity contribution in [2.45, 2.75) is 19.3 Å². The minimum atomic E-state index is -0.598. The summed E-state index contributed by atoms with van der Waals surface area (Å²) in [4.78, 5) is 36.9. The maximum Gasteiger partial charge on any atom is 0.420 e. The van der Waals surface area contributed by atoms with Crippen LogP contribution in [0.2, 0.25) is 0 Å². The molecule has 0 N–H and O–H groups in total. The molecule has 2 aromatic heterocycles. The molecule has 2 unspecified atom stereocenters. The molecule has 3 aliphatic rings. The average Bonchev–Trinajstić information content (AvgIpc) is 3.35. The third kappa shape index (κ3) is 5.65. The monoisotopic (exact) mass is 571 g/mol. The third-order valence-corrected chi connectivity index (χ3v) is 9.21. The maximum atomic E-state index is 13.3. The van der Waals surface area contributed by atoms with Crippen LogP contribution in [0.3, 0.4) is 0 Å². The first-order valence-electron chi connectivity index (χ1n) is 14.0. The summed E-state index contributed by atoms with van der Waals surface area (Å²) in [5.41, 5.74) is 1.62. The van der Waals surface area contributed by atoms with Gasteiger partial charge in [0.1, 0.15) is 5.82 Å². The number of aromatic nitrogens is 1. The number of ether oxygens (including phenoxy) is 2. The molecule has 1 aliphatic carbocycles. The average molecular weight is 572 g/mol. The van der Waals surface area contributed by atoms with Gasteiger partial charge < -0.3 is 19.3 Å². The number of hydrogen-bond donors (Lipinski definition) is 0. The van der Waals surface area contributed by atoms with Crippen LogP contribution in [0.15, 0.2) is 60.1 Å². The highest BCUT2D eigenvalue weighted by atomic mass is 32.1. The molecule has 212 valence electrons. The number of thiophene rings is 1. The van der Waals surface area contributed by atoms with Crippen molar-refractivity contribution >= 4 is 34.8 Å². The number of benzene rings is 1. The van der Waals surface area contributed by atoms with Gasteiger partial charge in [-0.1, -0.05) is 12.1 Å². The largest absolute Gasteiger partial charge is 0.420 e. The van der Waals surface area contributed by atoms with Crippen molar-refractivity contribution in [3.8, 4) is 11.1 Å². The lowest BCUT2D eigenvalue weighted by atomic mass is 9.86. The van der Waals surface area contributed by atoms with Crippen molar-refractivity contribution in [3.05, 3.63) is 71.2 Å². The SMILES string of the molecule is CC(C)(C#N)c1ccc(C(=O)N2CC3C(C2)C3CN(C(=O)Oc2cccs2)c2ccc(N3CCOCC3)nc2)cc1. The van der Waals surface area contributed by atoms with Crippen molar-refractivity contribution in [1.29, 1.82) is 5.26 Å². The number of fused-ring (bicyclic) bond motifs is 1. The summed E-state index contributed by atoms with van der Waals surface area (Å²) in [6.07, 6.45) is 1.32. The summed E-state index contributed by atoms with van der Waals surface area (Å²) >= 11 is 1.38. The van der Waals surface area contributed by atoms with E-state index in [2.05, 4.69) is 16.0 Å². The molecule has 0 bridgehead atoms. The molecule has 0 spiro atoms. The summed E-state index contributed by atoms with van der Waals surface area (Å²) in [7, 11) is 0. The predicted molar refractivity (Wildman–Crippen MR) is 156 cm³/mol. The van der Waals surface area contributed by atoms with Crippen LogP contribution in [0.25, 0.3) is 0 Å². The molecule has 6 rings (SSSR count). The van der Waals surface area contributed by atoms with E-state index in [1.54, 1.807) is 17.2 Å². The van der Waals surface area contributed by atoms with E-state index in [1.165, 1.54) is 11.3 Å². The highest BCUT2D eigenvalue weighted by Gasteiger charge is 2.57. The van der Waals surface area contributed by atoms with Crippen LogP contribution >= 0.6 is 11.3 Å². The molecule has 2 aliphatic heterocycles. The van der Waals surface area contributed by atoms with Gasteiger partial charge in [-0.25, -0.2) is 9.78 Å². The van der Waals surface area contributed by atoms with Crippen molar-refractivity contribution in [1.82, 2.24) is 9.88 Å². The van der Waals surface area contributed by atoms with Crippen LogP contribution in [0.4, 0.5) is 16.3 Å². The van der Waals surface area contributed by atoms with Gasteiger partial charge in [-0.05, 0) is 78.9 Å². The third-order valence-electron chi connectivity index (χ3n) is 8.47.